The maximum Gasteiger partial charge on any atom is 0.150 e. The molecule has 0 atom stereocenters. The summed E-state index contributed by atoms with van der Waals surface area (Å²) in [6.45, 7) is 4.00. The zero-order valence-electron chi connectivity index (χ0n) is 13.6. The van der Waals surface area contributed by atoms with Crippen LogP contribution in [0.2, 0.25) is 5.15 Å². The van der Waals surface area contributed by atoms with Crippen LogP contribution < -0.4 is 0 Å². The van der Waals surface area contributed by atoms with E-state index in [1.54, 1.807) is 26.4 Å². The van der Waals surface area contributed by atoms with Crippen molar-refractivity contribution < 1.29 is 9.53 Å². The summed E-state index contributed by atoms with van der Waals surface area (Å²) in [5, 5.41) is 1.21. The highest BCUT2D eigenvalue weighted by molar-refractivity contribution is 6.34. The molecule has 3 aromatic rings. The van der Waals surface area contributed by atoms with Crippen molar-refractivity contribution in [3.8, 4) is 11.3 Å². The minimum Gasteiger partial charge on any atom is -0.388 e. The Morgan fingerprint density at radius 2 is 1.74 bits per heavy atom. The number of carbonyl (C=O) groups excluding carboxylic acids is 1. The lowest BCUT2D eigenvalue weighted by Crippen LogP contribution is -1.81. The molecule has 0 bridgehead atoms. The number of ether oxygens (including phenoxy) is 1. The van der Waals surface area contributed by atoms with Crippen LogP contribution in [0.25, 0.3) is 22.3 Å². The second kappa shape index (κ2) is 9.71. The van der Waals surface area contributed by atoms with Crippen LogP contribution >= 0.6 is 11.6 Å². The van der Waals surface area contributed by atoms with Gasteiger partial charge in [0.25, 0.3) is 0 Å². The molecule has 6 heteroatoms. The summed E-state index contributed by atoms with van der Waals surface area (Å²) in [6.07, 6.45) is 2.23. The zero-order chi connectivity index (χ0) is 17.2. The third-order valence-corrected chi connectivity index (χ3v) is 3.04. The van der Waals surface area contributed by atoms with Crippen LogP contribution in [-0.4, -0.2) is 35.5 Å². The standard InChI is InChI=1S/C13H8ClN3O.C2H6O.C2H6/c14-12-10-5-11(17-13(10)16-7-15-12)9-3-1-8(6-18)2-4-9;1-3-2;1-2/h1-7H,(H,15,16,17);1-2H3;1-2H3. The van der Waals surface area contributed by atoms with E-state index in [9.17, 15) is 4.79 Å². The molecular formula is C17H20ClN3O2. The molecule has 0 saturated carbocycles. The van der Waals surface area contributed by atoms with Crippen LogP contribution in [0.3, 0.4) is 0 Å². The predicted molar refractivity (Wildman–Crippen MR) is 94.0 cm³/mol. The Hall–Kier alpha value is -2.24. The van der Waals surface area contributed by atoms with Gasteiger partial charge in [0.2, 0.25) is 0 Å². The van der Waals surface area contributed by atoms with E-state index >= 15 is 0 Å². The summed E-state index contributed by atoms with van der Waals surface area (Å²) in [4.78, 5) is 21.8. The van der Waals surface area contributed by atoms with Gasteiger partial charge in [0.05, 0.1) is 5.39 Å². The Bertz CT molecular complexity index is 739. The highest BCUT2D eigenvalue weighted by Crippen LogP contribution is 2.26. The summed E-state index contributed by atoms with van der Waals surface area (Å²) in [5.41, 5.74) is 3.21. The van der Waals surface area contributed by atoms with Gasteiger partial charge in [-0.3, -0.25) is 4.79 Å². The molecule has 0 amide bonds. The second-order valence-corrected chi connectivity index (χ2v) is 4.62. The van der Waals surface area contributed by atoms with Gasteiger partial charge in [-0.1, -0.05) is 49.7 Å². The molecule has 1 N–H and O–H groups in total. The molecule has 0 radical (unpaired) electrons. The van der Waals surface area contributed by atoms with E-state index in [1.807, 2.05) is 32.0 Å². The van der Waals surface area contributed by atoms with Crippen molar-refractivity contribution in [3.05, 3.63) is 47.4 Å². The number of aldehydes is 1. The Morgan fingerprint density at radius 3 is 2.26 bits per heavy atom. The number of rotatable bonds is 2. The number of aromatic amines is 1. The van der Waals surface area contributed by atoms with Crippen LogP contribution in [0, 0.1) is 0 Å². The smallest absolute Gasteiger partial charge is 0.150 e. The highest BCUT2D eigenvalue weighted by Gasteiger charge is 2.07. The number of benzene rings is 1. The van der Waals surface area contributed by atoms with Crippen LogP contribution in [0.15, 0.2) is 36.7 Å². The molecule has 0 aliphatic heterocycles. The summed E-state index contributed by atoms with van der Waals surface area (Å²) >= 11 is 5.99. The van der Waals surface area contributed by atoms with E-state index in [2.05, 4.69) is 19.7 Å². The molecule has 0 aliphatic carbocycles. The molecule has 122 valence electrons. The van der Waals surface area contributed by atoms with Crippen molar-refractivity contribution in [3.63, 3.8) is 0 Å². The van der Waals surface area contributed by atoms with Crippen molar-refractivity contribution in [1.29, 1.82) is 0 Å². The summed E-state index contributed by atoms with van der Waals surface area (Å²) < 4.78 is 4.25. The summed E-state index contributed by atoms with van der Waals surface area (Å²) in [7, 11) is 3.25. The Morgan fingerprint density at radius 1 is 1.13 bits per heavy atom. The molecule has 0 fully saturated rings. The first-order valence-corrected chi connectivity index (χ1v) is 7.52. The molecule has 1 aromatic carbocycles. The maximum absolute atomic E-state index is 10.6. The second-order valence-electron chi connectivity index (χ2n) is 4.26. The van der Waals surface area contributed by atoms with Gasteiger partial charge >= 0.3 is 0 Å². The Kier molecular flexibility index (Phi) is 7.94. The number of nitrogens with zero attached hydrogens (tertiary/aromatic N) is 2. The number of hydrogen-bond acceptors (Lipinski definition) is 4. The van der Waals surface area contributed by atoms with Gasteiger partial charge in [0.15, 0.2) is 0 Å². The highest BCUT2D eigenvalue weighted by atomic mass is 35.5. The molecule has 3 rings (SSSR count). The average Bonchev–Trinajstić information content (AvgIpc) is 3.03. The SMILES string of the molecule is CC.COC.O=Cc1ccc(-c2cc3c(Cl)ncnc3[nH]2)cc1. The molecule has 0 saturated heterocycles. The van der Waals surface area contributed by atoms with Crippen LogP contribution in [0.1, 0.15) is 24.2 Å². The summed E-state index contributed by atoms with van der Waals surface area (Å²) in [5.74, 6) is 0. The fraction of sp³-hybridized carbons (Fsp3) is 0.235. The third-order valence-electron chi connectivity index (χ3n) is 2.73. The largest absolute Gasteiger partial charge is 0.388 e. The predicted octanol–water partition coefficient (Wildman–Crippen LogP) is 4.38. The van der Waals surface area contributed by atoms with Crippen molar-refractivity contribution >= 4 is 28.9 Å². The lowest BCUT2D eigenvalue weighted by atomic mass is 10.1. The van der Waals surface area contributed by atoms with Gasteiger partial charge in [-0.05, 0) is 11.6 Å². The van der Waals surface area contributed by atoms with E-state index in [-0.39, 0.29) is 0 Å². The van der Waals surface area contributed by atoms with Gasteiger partial charge in [-0.2, -0.15) is 0 Å². The molecule has 0 unspecified atom stereocenters. The van der Waals surface area contributed by atoms with Crippen molar-refractivity contribution in [2.24, 2.45) is 0 Å². The fourth-order valence-electron chi connectivity index (χ4n) is 1.81. The van der Waals surface area contributed by atoms with Crippen LogP contribution in [-0.2, 0) is 4.74 Å². The molecule has 2 aromatic heterocycles. The maximum atomic E-state index is 10.6. The number of aromatic nitrogens is 3. The molecule has 2 heterocycles. The molecule has 23 heavy (non-hydrogen) atoms. The van der Waals surface area contributed by atoms with E-state index in [0.29, 0.717) is 16.4 Å². The molecular weight excluding hydrogens is 314 g/mol. The Balaban J connectivity index is 0.000000477. The molecule has 5 nitrogen and oxygen atoms in total. The van der Waals surface area contributed by atoms with Gasteiger partial charge in [0.1, 0.15) is 23.4 Å². The molecule has 0 spiro atoms. The van der Waals surface area contributed by atoms with Crippen molar-refractivity contribution in [1.82, 2.24) is 15.0 Å². The zero-order valence-corrected chi connectivity index (χ0v) is 14.4. The van der Waals surface area contributed by atoms with Gasteiger partial charge in [0, 0.05) is 25.5 Å². The lowest BCUT2D eigenvalue weighted by molar-refractivity contribution is 0.112. The minimum absolute atomic E-state index is 0.423. The normalized spacial score (nSPS) is 9.43. The number of hydrogen-bond donors (Lipinski definition) is 1. The average molecular weight is 334 g/mol. The van der Waals surface area contributed by atoms with Crippen molar-refractivity contribution in [2.45, 2.75) is 13.8 Å². The van der Waals surface area contributed by atoms with E-state index in [1.165, 1.54) is 6.33 Å². The molecule has 0 aliphatic rings. The first-order valence-electron chi connectivity index (χ1n) is 7.14. The van der Waals surface area contributed by atoms with Crippen molar-refractivity contribution in [2.75, 3.05) is 14.2 Å². The van der Waals surface area contributed by atoms with Crippen LogP contribution in [0.5, 0.6) is 0 Å². The van der Waals surface area contributed by atoms with E-state index in [4.69, 9.17) is 11.6 Å². The van der Waals surface area contributed by atoms with Gasteiger partial charge in [-0.15, -0.1) is 0 Å². The van der Waals surface area contributed by atoms with E-state index < -0.39 is 0 Å². The van der Waals surface area contributed by atoms with Gasteiger partial charge in [-0.25, -0.2) is 9.97 Å². The fourth-order valence-corrected chi connectivity index (χ4v) is 1.99. The number of carbonyl (C=O) groups is 1. The lowest BCUT2D eigenvalue weighted by Gasteiger charge is -1.97. The van der Waals surface area contributed by atoms with E-state index in [0.717, 1.165) is 22.9 Å². The third kappa shape index (κ3) is 4.87. The number of fused-ring (bicyclic) bond motifs is 1. The number of halogens is 1. The topological polar surface area (TPSA) is 67.9 Å². The number of methoxy groups -OCH3 is 1. The van der Waals surface area contributed by atoms with Crippen LogP contribution in [0.4, 0.5) is 0 Å². The quantitative estimate of drug-likeness (QED) is 0.558. The first-order chi connectivity index (χ1) is 11.2. The first kappa shape index (κ1) is 18.8. The number of nitrogens with one attached hydrogen (secondary N) is 1. The summed E-state index contributed by atoms with van der Waals surface area (Å²) in [6, 6.07) is 9.17. The monoisotopic (exact) mass is 333 g/mol. The van der Waals surface area contributed by atoms with Gasteiger partial charge < -0.3 is 9.72 Å². The number of H-pyrrole nitrogens is 1. The minimum atomic E-state index is 0.423. The Labute approximate surface area is 140 Å².